The lowest BCUT2D eigenvalue weighted by atomic mass is 10.0. The smallest absolute Gasteiger partial charge is 0.327 e. The molecule has 2 aliphatic rings. The number of hydrogen-bond acceptors (Lipinski definition) is 3. The van der Waals surface area contributed by atoms with Crippen LogP contribution in [0.5, 0.6) is 0 Å². The molecule has 0 aliphatic carbocycles. The Morgan fingerprint density at radius 1 is 1.27 bits per heavy atom. The van der Waals surface area contributed by atoms with Crippen LogP contribution in [-0.4, -0.2) is 46.0 Å². The zero-order chi connectivity index (χ0) is 15.9. The van der Waals surface area contributed by atoms with E-state index in [0.29, 0.717) is 19.0 Å². The summed E-state index contributed by atoms with van der Waals surface area (Å²) in [5.74, 6) is -2.01. The van der Waals surface area contributed by atoms with Crippen LogP contribution in [0.2, 0.25) is 0 Å². The van der Waals surface area contributed by atoms with Crippen LogP contribution in [0, 0.1) is 11.6 Å². The molecule has 3 amide bonds. The molecular formula is C15H16F2N2O3. The summed E-state index contributed by atoms with van der Waals surface area (Å²) < 4.78 is 26.6. The van der Waals surface area contributed by atoms with Crippen molar-refractivity contribution in [2.75, 3.05) is 13.1 Å². The summed E-state index contributed by atoms with van der Waals surface area (Å²) in [5.41, 5.74) is -0.133. The van der Waals surface area contributed by atoms with Crippen LogP contribution in [0.4, 0.5) is 13.6 Å². The molecule has 22 heavy (non-hydrogen) atoms. The molecule has 1 N–H and O–H groups in total. The fourth-order valence-electron chi connectivity index (χ4n) is 3.06. The number of aliphatic hydroxyl groups is 1. The van der Waals surface area contributed by atoms with Gasteiger partial charge in [-0.1, -0.05) is 6.07 Å². The lowest BCUT2D eigenvalue weighted by Gasteiger charge is -2.26. The molecule has 0 unspecified atom stereocenters. The average molecular weight is 310 g/mol. The van der Waals surface area contributed by atoms with Gasteiger partial charge in [0.15, 0.2) is 0 Å². The van der Waals surface area contributed by atoms with E-state index in [9.17, 15) is 23.5 Å². The normalized spacial score (nSPS) is 23.0. The van der Waals surface area contributed by atoms with E-state index in [-0.39, 0.29) is 18.0 Å². The van der Waals surface area contributed by atoms with Gasteiger partial charge in [0.1, 0.15) is 17.7 Å². The van der Waals surface area contributed by atoms with Crippen molar-refractivity contribution in [3.8, 4) is 0 Å². The summed E-state index contributed by atoms with van der Waals surface area (Å²) in [6, 6.07) is 1.89. The number of nitrogens with zero attached hydrogens (tertiary/aromatic N) is 2. The van der Waals surface area contributed by atoms with Crippen LogP contribution in [0.15, 0.2) is 18.2 Å². The molecule has 0 saturated carbocycles. The van der Waals surface area contributed by atoms with Crippen molar-refractivity contribution in [2.24, 2.45) is 0 Å². The molecule has 2 heterocycles. The van der Waals surface area contributed by atoms with E-state index in [1.165, 1.54) is 4.90 Å². The zero-order valence-electron chi connectivity index (χ0n) is 11.8. The molecule has 0 spiro atoms. The molecule has 1 aromatic rings. The number of halogens is 2. The van der Waals surface area contributed by atoms with Crippen molar-refractivity contribution in [3.05, 3.63) is 35.4 Å². The molecule has 5 nitrogen and oxygen atoms in total. The highest BCUT2D eigenvalue weighted by molar-refractivity contribution is 6.04. The number of fused-ring (bicyclic) bond motifs is 1. The van der Waals surface area contributed by atoms with Crippen LogP contribution in [0.25, 0.3) is 0 Å². The molecule has 2 saturated heterocycles. The van der Waals surface area contributed by atoms with E-state index in [1.807, 2.05) is 0 Å². The molecule has 0 radical (unpaired) electrons. The van der Waals surface area contributed by atoms with Gasteiger partial charge < -0.3 is 10.0 Å². The van der Waals surface area contributed by atoms with E-state index in [4.69, 9.17) is 0 Å². The topological polar surface area (TPSA) is 60.9 Å². The quantitative estimate of drug-likeness (QED) is 0.866. The average Bonchev–Trinajstić information content (AvgIpc) is 2.73. The summed E-state index contributed by atoms with van der Waals surface area (Å²) in [4.78, 5) is 26.9. The van der Waals surface area contributed by atoms with Gasteiger partial charge >= 0.3 is 6.03 Å². The number of aliphatic hydroxyl groups excluding tert-OH is 1. The van der Waals surface area contributed by atoms with E-state index in [0.717, 1.165) is 29.9 Å². The molecular weight excluding hydrogens is 294 g/mol. The second kappa shape index (κ2) is 5.64. The lowest BCUT2D eigenvalue weighted by molar-refractivity contribution is -0.129. The standard InChI is InChI=1S/C15H16F2N2O3/c16-9-4-5-10(11(17)7-9)13(20)8-19-14(21)12-3-1-2-6-18(12)15(19)22/h4-5,7,12-13,20H,1-3,6,8H2/t12-,13+/m0/s1. The summed E-state index contributed by atoms with van der Waals surface area (Å²) in [7, 11) is 0. The minimum atomic E-state index is -1.38. The maximum absolute atomic E-state index is 13.7. The minimum Gasteiger partial charge on any atom is -0.386 e. The Hall–Kier alpha value is -2.02. The number of benzene rings is 1. The van der Waals surface area contributed by atoms with Gasteiger partial charge in [-0.15, -0.1) is 0 Å². The molecule has 1 aromatic carbocycles. The zero-order valence-corrected chi connectivity index (χ0v) is 11.8. The number of carbonyl (C=O) groups is 2. The Balaban J connectivity index is 1.77. The highest BCUT2D eigenvalue weighted by atomic mass is 19.1. The van der Waals surface area contributed by atoms with Gasteiger partial charge in [-0.2, -0.15) is 0 Å². The maximum atomic E-state index is 13.7. The van der Waals surface area contributed by atoms with Crippen LogP contribution in [0.1, 0.15) is 30.9 Å². The third kappa shape index (κ3) is 2.45. The number of amides is 3. The summed E-state index contributed by atoms with van der Waals surface area (Å²) >= 11 is 0. The van der Waals surface area contributed by atoms with Gasteiger partial charge in [0.25, 0.3) is 5.91 Å². The van der Waals surface area contributed by atoms with Crippen molar-refractivity contribution < 1.29 is 23.5 Å². The number of β-amino-alcohol motifs (C(OH)–C–C–N with tert-alkyl or cyclic N) is 1. The molecule has 2 fully saturated rings. The Morgan fingerprint density at radius 2 is 2.05 bits per heavy atom. The molecule has 0 bridgehead atoms. The number of carbonyl (C=O) groups excluding carboxylic acids is 2. The first kappa shape index (κ1) is 14.9. The van der Waals surface area contributed by atoms with E-state index in [2.05, 4.69) is 0 Å². The molecule has 7 heteroatoms. The number of hydrogen-bond donors (Lipinski definition) is 1. The van der Waals surface area contributed by atoms with Crippen molar-refractivity contribution in [3.63, 3.8) is 0 Å². The van der Waals surface area contributed by atoms with Crippen LogP contribution < -0.4 is 0 Å². The molecule has 2 aliphatic heterocycles. The van der Waals surface area contributed by atoms with Crippen molar-refractivity contribution in [1.82, 2.24) is 9.80 Å². The third-order valence-corrected chi connectivity index (χ3v) is 4.21. The Bertz CT molecular complexity index is 599. The highest BCUT2D eigenvalue weighted by Gasteiger charge is 2.46. The number of piperidine rings is 1. The monoisotopic (exact) mass is 310 g/mol. The van der Waals surface area contributed by atoms with E-state index < -0.39 is 29.8 Å². The SMILES string of the molecule is O=C1[C@@H]2CCCCN2C(=O)N1C[C@@H](O)c1ccc(F)cc1F. The second-order valence-electron chi connectivity index (χ2n) is 5.62. The first-order valence-corrected chi connectivity index (χ1v) is 7.24. The van der Waals surface area contributed by atoms with Crippen LogP contribution in [-0.2, 0) is 4.79 Å². The largest absolute Gasteiger partial charge is 0.386 e. The summed E-state index contributed by atoms with van der Waals surface area (Å²) in [6.45, 7) is 0.194. The van der Waals surface area contributed by atoms with Crippen molar-refractivity contribution in [1.29, 1.82) is 0 Å². The van der Waals surface area contributed by atoms with Gasteiger partial charge in [0.2, 0.25) is 0 Å². The number of urea groups is 1. The van der Waals surface area contributed by atoms with Crippen molar-refractivity contribution >= 4 is 11.9 Å². The van der Waals surface area contributed by atoms with Crippen LogP contribution in [0.3, 0.4) is 0 Å². The molecule has 118 valence electrons. The number of imide groups is 1. The Labute approximate surface area is 126 Å². The molecule has 3 rings (SSSR count). The maximum Gasteiger partial charge on any atom is 0.327 e. The first-order valence-electron chi connectivity index (χ1n) is 7.24. The van der Waals surface area contributed by atoms with Gasteiger partial charge in [-0.05, 0) is 25.3 Å². The Morgan fingerprint density at radius 3 is 2.73 bits per heavy atom. The highest BCUT2D eigenvalue weighted by Crippen LogP contribution is 2.28. The predicted octanol–water partition coefficient (Wildman–Crippen LogP) is 1.81. The first-order chi connectivity index (χ1) is 10.5. The summed E-state index contributed by atoms with van der Waals surface area (Å²) in [5, 5.41) is 10.1. The third-order valence-electron chi connectivity index (χ3n) is 4.21. The van der Waals surface area contributed by atoms with Crippen LogP contribution >= 0.6 is 0 Å². The van der Waals surface area contributed by atoms with E-state index >= 15 is 0 Å². The Kier molecular flexibility index (Phi) is 3.82. The van der Waals surface area contributed by atoms with Gasteiger partial charge in [0, 0.05) is 18.2 Å². The minimum absolute atomic E-state index is 0.133. The van der Waals surface area contributed by atoms with Crippen molar-refractivity contribution in [2.45, 2.75) is 31.4 Å². The van der Waals surface area contributed by atoms with Gasteiger partial charge in [-0.3, -0.25) is 9.69 Å². The number of rotatable bonds is 3. The van der Waals surface area contributed by atoms with E-state index in [1.54, 1.807) is 0 Å². The predicted molar refractivity (Wildman–Crippen MR) is 72.8 cm³/mol. The summed E-state index contributed by atoms with van der Waals surface area (Å²) in [6.07, 6.45) is 0.957. The van der Waals surface area contributed by atoms with Gasteiger partial charge in [0.05, 0.1) is 12.6 Å². The molecule has 0 aromatic heterocycles. The van der Waals surface area contributed by atoms with Gasteiger partial charge in [-0.25, -0.2) is 13.6 Å². The fourth-order valence-corrected chi connectivity index (χ4v) is 3.06. The fraction of sp³-hybridized carbons (Fsp3) is 0.467. The lowest BCUT2D eigenvalue weighted by Crippen LogP contribution is -2.39. The second-order valence-corrected chi connectivity index (χ2v) is 5.62. The molecule has 2 atom stereocenters.